The zero-order valence-corrected chi connectivity index (χ0v) is 13.4. The Balaban J connectivity index is 2.79. The molecule has 0 aliphatic carbocycles. The van der Waals surface area contributed by atoms with Gasteiger partial charge >= 0.3 is 11.9 Å². The molecule has 1 aromatic carbocycles. The lowest BCUT2D eigenvalue weighted by Crippen LogP contribution is -2.09. The molecule has 0 amide bonds. The zero-order valence-electron chi connectivity index (χ0n) is 11.8. The molecule has 1 aromatic rings. The van der Waals surface area contributed by atoms with Gasteiger partial charge in [-0.25, -0.2) is 0 Å². The number of carbonyl (C=O) groups excluding carboxylic acids is 2. The van der Waals surface area contributed by atoms with Gasteiger partial charge in [0.2, 0.25) is 0 Å². The maximum Gasteiger partial charge on any atom is 0.310 e. The molecule has 0 spiro atoms. The molecular formula is C15H19BrO4. The first-order chi connectivity index (χ1) is 9.60. The second-order valence-corrected chi connectivity index (χ2v) is 4.86. The van der Waals surface area contributed by atoms with E-state index in [4.69, 9.17) is 4.74 Å². The van der Waals surface area contributed by atoms with Crippen LogP contribution in [0.5, 0.6) is 0 Å². The molecule has 5 heteroatoms. The standard InChI is InChI=1S/C15H19BrO4/c1-3-20-15(18)9-11-4-5-13(10-16)12(8-11)6-7-14(17)19-2/h4-5,8H,3,6-7,9-10H2,1-2H3. The monoisotopic (exact) mass is 342 g/mol. The summed E-state index contributed by atoms with van der Waals surface area (Å²) in [5.41, 5.74) is 3.06. The van der Waals surface area contributed by atoms with Crippen LogP contribution in [0.15, 0.2) is 18.2 Å². The number of carbonyl (C=O) groups is 2. The van der Waals surface area contributed by atoms with Crippen LogP contribution in [0.1, 0.15) is 30.0 Å². The third-order valence-corrected chi connectivity index (χ3v) is 3.50. The fourth-order valence-corrected chi connectivity index (χ4v) is 2.42. The summed E-state index contributed by atoms with van der Waals surface area (Å²) in [5, 5.41) is 0.712. The van der Waals surface area contributed by atoms with Crippen LogP contribution in [0.4, 0.5) is 0 Å². The quantitative estimate of drug-likeness (QED) is 0.564. The molecule has 1 rings (SSSR count). The van der Waals surface area contributed by atoms with Crippen LogP contribution in [0.2, 0.25) is 0 Å². The fraction of sp³-hybridized carbons (Fsp3) is 0.467. The highest BCUT2D eigenvalue weighted by Crippen LogP contribution is 2.18. The smallest absolute Gasteiger partial charge is 0.310 e. The third kappa shape index (κ3) is 5.33. The van der Waals surface area contributed by atoms with Crippen LogP contribution in [0, 0.1) is 0 Å². The number of hydrogen-bond donors (Lipinski definition) is 0. The van der Waals surface area contributed by atoms with E-state index in [0.29, 0.717) is 24.8 Å². The molecule has 0 saturated carbocycles. The average Bonchev–Trinajstić information content (AvgIpc) is 2.45. The van der Waals surface area contributed by atoms with E-state index in [9.17, 15) is 9.59 Å². The Hall–Kier alpha value is -1.36. The van der Waals surface area contributed by atoms with Gasteiger partial charge in [-0.2, -0.15) is 0 Å². The Morgan fingerprint density at radius 3 is 2.55 bits per heavy atom. The highest BCUT2D eigenvalue weighted by Gasteiger charge is 2.09. The van der Waals surface area contributed by atoms with Crippen molar-refractivity contribution in [2.75, 3.05) is 13.7 Å². The Morgan fingerprint density at radius 1 is 1.20 bits per heavy atom. The highest BCUT2D eigenvalue weighted by molar-refractivity contribution is 9.08. The molecule has 0 atom stereocenters. The molecule has 0 unspecified atom stereocenters. The Labute approximate surface area is 127 Å². The van der Waals surface area contributed by atoms with Gasteiger partial charge in [-0.05, 0) is 30.0 Å². The van der Waals surface area contributed by atoms with Gasteiger partial charge in [-0.1, -0.05) is 34.1 Å². The molecule has 0 bridgehead atoms. The number of ether oxygens (including phenoxy) is 2. The number of esters is 2. The summed E-state index contributed by atoms with van der Waals surface area (Å²) in [6, 6.07) is 5.83. The van der Waals surface area contributed by atoms with Gasteiger partial charge in [-0.3, -0.25) is 9.59 Å². The Kier molecular flexibility index (Phi) is 7.30. The minimum atomic E-state index is -0.238. The van der Waals surface area contributed by atoms with Gasteiger partial charge in [0.15, 0.2) is 0 Å². The Bertz CT molecular complexity index is 471. The number of benzene rings is 1. The van der Waals surface area contributed by atoms with Crippen LogP contribution in [0.3, 0.4) is 0 Å². The number of alkyl halides is 1. The van der Waals surface area contributed by atoms with E-state index in [0.717, 1.165) is 16.7 Å². The van der Waals surface area contributed by atoms with Gasteiger partial charge in [-0.15, -0.1) is 0 Å². The minimum Gasteiger partial charge on any atom is -0.469 e. The molecule has 0 fully saturated rings. The third-order valence-electron chi connectivity index (χ3n) is 2.89. The van der Waals surface area contributed by atoms with E-state index < -0.39 is 0 Å². The summed E-state index contributed by atoms with van der Waals surface area (Å²) in [4.78, 5) is 22.7. The summed E-state index contributed by atoms with van der Waals surface area (Å²) in [5.74, 6) is -0.473. The molecule has 0 heterocycles. The van der Waals surface area contributed by atoms with Crippen molar-refractivity contribution in [3.8, 4) is 0 Å². The van der Waals surface area contributed by atoms with Crippen molar-refractivity contribution in [1.82, 2.24) is 0 Å². The first-order valence-electron chi connectivity index (χ1n) is 6.49. The molecule has 0 saturated heterocycles. The van der Waals surface area contributed by atoms with E-state index in [1.807, 2.05) is 18.2 Å². The molecule has 0 aliphatic rings. The molecule has 4 nitrogen and oxygen atoms in total. The molecule has 20 heavy (non-hydrogen) atoms. The van der Waals surface area contributed by atoms with Crippen molar-refractivity contribution in [1.29, 1.82) is 0 Å². The first kappa shape index (κ1) is 16.7. The van der Waals surface area contributed by atoms with Crippen LogP contribution >= 0.6 is 15.9 Å². The van der Waals surface area contributed by atoms with Gasteiger partial charge in [0.25, 0.3) is 0 Å². The van der Waals surface area contributed by atoms with Gasteiger partial charge < -0.3 is 9.47 Å². The lowest BCUT2D eigenvalue weighted by molar-refractivity contribution is -0.142. The van der Waals surface area contributed by atoms with Gasteiger partial charge in [0.05, 0.1) is 20.1 Å². The summed E-state index contributed by atoms with van der Waals surface area (Å²) in [7, 11) is 1.38. The van der Waals surface area contributed by atoms with Gasteiger partial charge in [0, 0.05) is 11.8 Å². The fourth-order valence-electron chi connectivity index (χ4n) is 1.87. The van der Waals surface area contributed by atoms with E-state index in [1.165, 1.54) is 7.11 Å². The molecular weight excluding hydrogens is 324 g/mol. The number of methoxy groups -OCH3 is 1. The van der Waals surface area contributed by atoms with Crippen molar-refractivity contribution in [2.45, 2.75) is 31.5 Å². The lowest BCUT2D eigenvalue weighted by atomic mass is 9.99. The number of rotatable bonds is 7. The molecule has 110 valence electrons. The zero-order chi connectivity index (χ0) is 15.0. The molecule has 0 N–H and O–H groups in total. The Morgan fingerprint density at radius 2 is 1.95 bits per heavy atom. The van der Waals surface area contributed by atoms with E-state index in [1.54, 1.807) is 6.92 Å². The SMILES string of the molecule is CCOC(=O)Cc1ccc(CBr)c(CCC(=O)OC)c1. The number of aryl methyl sites for hydroxylation is 1. The normalized spacial score (nSPS) is 10.2. The van der Waals surface area contributed by atoms with Crippen molar-refractivity contribution < 1.29 is 19.1 Å². The van der Waals surface area contributed by atoms with E-state index >= 15 is 0 Å². The summed E-state index contributed by atoms with van der Waals surface area (Å²) < 4.78 is 9.58. The molecule has 0 aliphatic heterocycles. The maximum atomic E-state index is 11.5. The predicted octanol–water partition coefficient (Wildman–Crippen LogP) is 2.79. The van der Waals surface area contributed by atoms with Crippen LogP contribution in [-0.4, -0.2) is 25.7 Å². The largest absolute Gasteiger partial charge is 0.469 e. The maximum absolute atomic E-state index is 11.5. The molecule has 0 aromatic heterocycles. The highest BCUT2D eigenvalue weighted by atomic mass is 79.9. The summed E-state index contributed by atoms with van der Waals surface area (Å²) in [6.07, 6.45) is 1.19. The van der Waals surface area contributed by atoms with Gasteiger partial charge in [0.1, 0.15) is 0 Å². The second kappa shape index (κ2) is 8.74. The summed E-state index contributed by atoms with van der Waals surface area (Å²) >= 11 is 3.42. The second-order valence-electron chi connectivity index (χ2n) is 4.29. The summed E-state index contributed by atoms with van der Waals surface area (Å²) in [6.45, 7) is 2.17. The average molecular weight is 343 g/mol. The van der Waals surface area contributed by atoms with Crippen LogP contribution in [-0.2, 0) is 37.2 Å². The minimum absolute atomic E-state index is 0.235. The van der Waals surface area contributed by atoms with Crippen molar-refractivity contribution in [3.05, 3.63) is 34.9 Å². The molecule has 0 radical (unpaired) electrons. The number of hydrogen-bond acceptors (Lipinski definition) is 4. The van der Waals surface area contributed by atoms with Crippen LogP contribution < -0.4 is 0 Å². The lowest BCUT2D eigenvalue weighted by Gasteiger charge is -2.10. The van der Waals surface area contributed by atoms with Crippen molar-refractivity contribution >= 4 is 27.9 Å². The van der Waals surface area contributed by atoms with Crippen molar-refractivity contribution in [3.63, 3.8) is 0 Å². The van der Waals surface area contributed by atoms with Crippen LogP contribution in [0.25, 0.3) is 0 Å². The number of halogens is 1. The van der Waals surface area contributed by atoms with E-state index in [-0.39, 0.29) is 18.4 Å². The van der Waals surface area contributed by atoms with E-state index in [2.05, 4.69) is 20.7 Å². The predicted molar refractivity (Wildman–Crippen MR) is 79.7 cm³/mol. The van der Waals surface area contributed by atoms with Crippen molar-refractivity contribution in [2.24, 2.45) is 0 Å². The topological polar surface area (TPSA) is 52.6 Å². The first-order valence-corrected chi connectivity index (χ1v) is 7.62.